The minimum absolute atomic E-state index is 0.123. The Morgan fingerprint density at radius 1 is 1.43 bits per heavy atom. The Labute approximate surface area is 124 Å². The first-order valence-corrected chi connectivity index (χ1v) is 7.44. The summed E-state index contributed by atoms with van der Waals surface area (Å²) in [5.74, 6) is -1.11. The largest absolute Gasteiger partial charge is 0.480 e. The summed E-state index contributed by atoms with van der Waals surface area (Å²) in [7, 11) is 0. The van der Waals surface area contributed by atoms with E-state index in [0.29, 0.717) is 5.69 Å². The standard InChI is InChI=1S/C13H14N4O3S/c18-12(19)7-17-6-9(15-16-17)5-14-13(20)11-4-8-2-1-3-10(8)21-11/h4,6H,1-3,5,7H2,(H,14,20)(H,18,19). The van der Waals surface area contributed by atoms with Crippen LogP contribution < -0.4 is 5.32 Å². The predicted molar refractivity (Wildman–Crippen MR) is 75.2 cm³/mol. The van der Waals surface area contributed by atoms with Gasteiger partial charge in [-0.25, -0.2) is 4.68 Å². The highest BCUT2D eigenvalue weighted by atomic mass is 32.1. The maximum absolute atomic E-state index is 12.1. The van der Waals surface area contributed by atoms with E-state index >= 15 is 0 Å². The number of hydrogen-bond donors (Lipinski definition) is 2. The molecule has 0 spiro atoms. The van der Waals surface area contributed by atoms with Gasteiger partial charge in [-0.3, -0.25) is 9.59 Å². The summed E-state index contributed by atoms with van der Waals surface area (Å²) in [6.45, 7) is -0.000387. The van der Waals surface area contributed by atoms with Crippen molar-refractivity contribution < 1.29 is 14.7 Å². The fourth-order valence-corrected chi connectivity index (χ4v) is 3.50. The van der Waals surface area contributed by atoms with Crippen molar-refractivity contribution in [1.82, 2.24) is 20.3 Å². The lowest BCUT2D eigenvalue weighted by atomic mass is 10.2. The average molecular weight is 306 g/mol. The van der Waals surface area contributed by atoms with Crippen LogP contribution in [-0.2, 0) is 30.7 Å². The maximum atomic E-state index is 12.1. The Morgan fingerprint density at radius 3 is 3.05 bits per heavy atom. The molecule has 0 bridgehead atoms. The minimum atomic E-state index is -0.983. The van der Waals surface area contributed by atoms with Gasteiger partial charge in [0.1, 0.15) is 12.2 Å². The second kappa shape index (κ2) is 5.65. The molecule has 0 fully saturated rings. The van der Waals surface area contributed by atoms with E-state index < -0.39 is 5.97 Å². The molecule has 0 aromatic carbocycles. The van der Waals surface area contributed by atoms with Crippen LogP contribution in [0.5, 0.6) is 0 Å². The van der Waals surface area contributed by atoms with Crippen LogP contribution in [-0.4, -0.2) is 32.0 Å². The smallest absolute Gasteiger partial charge is 0.325 e. The lowest BCUT2D eigenvalue weighted by Crippen LogP contribution is -2.22. The van der Waals surface area contributed by atoms with Crippen molar-refractivity contribution >= 4 is 23.2 Å². The normalized spacial score (nSPS) is 13.1. The van der Waals surface area contributed by atoms with E-state index in [-0.39, 0.29) is 19.0 Å². The van der Waals surface area contributed by atoms with Crippen LogP contribution in [0.2, 0.25) is 0 Å². The van der Waals surface area contributed by atoms with Crippen molar-refractivity contribution in [3.8, 4) is 0 Å². The van der Waals surface area contributed by atoms with E-state index in [1.807, 2.05) is 6.07 Å². The summed E-state index contributed by atoms with van der Waals surface area (Å²) in [6, 6.07) is 1.96. The number of fused-ring (bicyclic) bond motifs is 1. The van der Waals surface area contributed by atoms with Crippen LogP contribution in [0, 0.1) is 0 Å². The van der Waals surface area contributed by atoms with E-state index in [1.165, 1.54) is 27.7 Å². The molecule has 7 nitrogen and oxygen atoms in total. The van der Waals surface area contributed by atoms with E-state index in [0.717, 1.165) is 17.7 Å². The van der Waals surface area contributed by atoms with Gasteiger partial charge in [-0.2, -0.15) is 0 Å². The van der Waals surface area contributed by atoms with Gasteiger partial charge in [0.25, 0.3) is 5.91 Å². The lowest BCUT2D eigenvalue weighted by Gasteiger charge is -2.00. The fraction of sp³-hybridized carbons (Fsp3) is 0.385. The Balaban J connectivity index is 1.57. The Bertz CT molecular complexity index is 670. The first kappa shape index (κ1) is 13.7. The molecule has 3 rings (SSSR count). The van der Waals surface area contributed by atoms with Crippen molar-refractivity contribution in [2.24, 2.45) is 0 Å². The molecule has 110 valence electrons. The second-order valence-electron chi connectivity index (χ2n) is 4.90. The molecule has 2 heterocycles. The van der Waals surface area contributed by atoms with Gasteiger partial charge < -0.3 is 10.4 Å². The minimum Gasteiger partial charge on any atom is -0.480 e. The summed E-state index contributed by atoms with van der Waals surface area (Å²) < 4.78 is 1.23. The molecule has 21 heavy (non-hydrogen) atoms. The van der Waals surface area contributed by atoms with Crippen LogP contribution in [0.1, 0.15) is 32.2 Å². The highest BCUT2D eigenvalue weighted by Crippen LogP contribution is 2.30. The number of aryl methyl sites for hydroxylation is 2. The lowest BCUT2D eigenvalue weighted by molar-refractivity contribution is -0.137. The number of carbonyl (C=O) groups excluding carboxylic acids is 1. The van der Waals surface area contributed by atoms with Gasteiger partial charge in [0, 0.05) is 4.88 Å². The van der Waals surface area contributed by atoms with E-state index in [4.69, 9.17) is 5.11 Å². The van der Waals surface area contributed by atoms with Crippen LogP contribution in [0.4, 0.5) is 0 Å². The molecule has 1 aliphatic carbocycles. The van der Waals surface area contributed by atoms with Gasteiger partial charge in [-0.05, 0) is 30.9 Å². The van der Waals surface area contributed by atoms with Crippen molar-refractivity contribution in [1.29, 1.82) is 0 Å². The molecule has 1 aliphatic rings. The number of aromatic nitrogens is 3. The fourth-order valence-electron chi connectivity index (χ4n) is 2.33. The number of carbonyl (C=O) groups is 2. The molecule has 2 N–H and O–H groups in total. The predicted octanol–water partition coefficient (Wildman–Crippen LogP) is 0.843. The number of nitrogens with one attached hydrogen (secondary N) is 1. The zero-order chi connectivity index (χ0) is 14.8. The second-order valence-corrected chi connectivity index (χ2v) is 6.03. The molecule has 0 aliphatic heterocycles. The maximum Gasteiger partial charge on any atom is 0.325 e. The number of amides is 1. The van der Waals surface area contributed by atoms with Crippen LogP contribution in [0.3, 0.4) is 0 Å². The quantitative estimate of drug-likeness (QED) is 0.853. The summed E-state index contributed by atoms with van der Waals surface area (Å²) in [5.41, 5.74) is 1.83. The third-order valence-corrected chi connectivity index (χ3v) is 4.52. The van der Waals surface area contributed by atoms with Crippen molar-refractivity contribution in [2.75, 3.05) is 0 Å². The van der Waals surface area contributed by atoms with Gasteiger partial charge in [-0.1, -0.05) is 5.21 Å². The molecular weight excluding hydrogens is 292 g/mol. The molecule has 0 radical (unpaired) electrons. The molecule has 0 saturated carbocycles. The topological polar surface area (TPSA) is 97.1 Å². The molecule has 2 aromatic rings. The van der Waals surface area contributed by atoms with Gasteiger partial charge >= 0.3 is 5.97 Å². The third kappa shape index (κ3) is 3.10. The molecule has 0 atom stereocenters. The Kier molecular flexibility index (Phi) is 3.70. The number of rotatable bonds is 5. The summed E-state index contributed by atoms with van der Waals surface area (Å²) in [6.07, 6.45) is 4.82. The van der Waals surface area contributed by atoms with Gasteiger partial charge in [0.05, 0.1) is 17.6 Å². The first-order chi connectivity index (χ1) is 10.1. The first-order valence-electron chi connectivity index (χ1n) is 6.62. The molecule has 0 unspecified atom stereocenters. The number of nitrogens with zero attached hydrogens (tertiary/aromatic N) is 3. The SMILES string of the molecule is O=C(O)Cn1cc(CNC(=O)c2cc3c(s2)CCC3)nn1. The number of carboxylic acid groups (broad SMARTS) is 1. The Hall–Kier alpha value is -2.22. The summed E-state index contributed by atoms with van der Waals surface area (Å²) in [4.78, 5) is 24.6. The van der Waals surface area contributed by atoms with Crippen molar-refractivity contribution in [3.05, 3.63) is 33.3 Å². The number of thiophene rings is 1. The number of hydrogen-bond acceptors (Lipinski definition) is 5. The highest BCUT2D eigenvalue weighted by molar-refractivity contribution is 7.14. The highest BCUT2D eigenvalue weighted by Gasteiger charge is 2.18. The van der Waals surface area contributed by atoms with Gasteiger partial charge in [0.2, 0.25) is 0 Å². The molecular formula is C13H14N4O3S. The van der Waals surface area contributed by atoms with Crippen LogP contribution in [0.25, 0.3) is 0 Å². The van der Waals surface area contributed by atoms with Crippen LogP contribution >= 0.6 is 11.3 Å². The summed E-state index contributed by atoms with van der Waals surface area (Å²) >= 11 is 1.55. The van der Waals surface area contributed by atoms with Crippen molar-refractivity contribution in [3.63, 3.8) is 0 Å². The Morgan fingerprint density at radius 2 is 2.29 bits per heavy atom. The third-order valence-electron chi connectivity index (χ3n) is 3.28. The molecule has 8 heteroatoms. The zero-order valence-corrected chi connectivity index (χ0v) is 12.0. The number of carboxylic acids is 1. The van der Waals surface area contributed by atoms with E-state index in [1.54, 1.807) is 11.3 Å². The monoisotopic (exact) mass is 306 g/mol. The van der Waals surface area contributed by atoms with E-state index in [9.17, 15) is 9.59 Å². The molecule has 1 amide bonds. The van der Waals surface area contributed by atoms with E-state index in [2.05, 4.69) is 15.6 Å². The van der Waals surface area contributed by atoms with Gasteiger partial charge in [0.15, 0.2) is 0 Å². The summed E-state index contributed by atoms with van der Waals surface area (Å²) in [5, 5.41) is 18.9. The molecule has 2 aromatic heterocycles. The van der Waals surface area contributed by atoms with Gasteiger partial charge in [-0.15, -0.1) is 16.4 Å². The zero-order valence-electron chi connectivity index (χ0n) is 11.2. The molecule has 0 saturated heterocycles. The van der Waals surface area contributed by atoms with Crippen LogP contribution in [0.15, 0.2) is 12.3 Å². The number of aliphatic carboxylic acids is 1. The average Bonchev–Trinajstić information content (AvgIpc) is 3.09. The van der Waals surface area contributed by atoms with Crippen molar-refractivity contribution in [2.45, 2.75) is 32.4 Å².